The van der Waals surface area contributed by atoms with E-state index in [9.17, 15) is 27.6 Å². The van der Waals surface area contributed by atoms with Crippen molar-refractivity contribution in [2.75, 3.05) is 24.9 Å². The maximum absolute atomic E-state index is 12.4. The van der Waals surface area contributed by atoms with Gasteiger partial charge in [-0.15, -0.1) is 0 Å². The van der Waals surface area contributed by atoms with Gasteiger partial charge in [0.2, 0.25) is 6.08 Å². The second-order valence-electron chi connectivity index (χ2n) is 22.3. The van der Waals surface area contributed by atoms with Crippen molar-refractivity contribution in [3.8, 4) is 11.5 Å². The van der Waals surface area contributed by atoms with Crippen LogP contribution in [0.4, 0.5) is 39.8 Å². The average molecular weight is 1280 g/mol. The minimum Gasteiger partial charge on any atom is -0.497 e. The van der Waals surface area contributed by atoms with Crippen molar-refractivity contribution in [3.05, 3.63) is 221 Å². The normalized spacial score (nSPS) is 15.1. The monoisotopic (exact) mass is 1280 g/mol. The van der Waals surface area contributed by atoms with E-state index in [0.29, 0.717) is 18.8 Å². The number of rotatable bonds is 11. The first-order valence-corrected chi connectivity index (χ1v) is 30.2. The van der Waals surface area contributed by atoms with E-state index in [1.165, 1.54) is 50.4 Å². The van der Waals surface area contributed by atoms with Crippen LogP contribution in [0.1, 0.15) is 63.8 Å². The number of aliphatic imine (C=N–C) groups is 1. The summed E-state index contributed by atoms with van der Waals surface area (Å²) in [5, 5.41) is 38.5. The molecule has 5 aromatic carbocycles. The Hall–Kier alpha value is -11.3. The van der Waals surface area contributed by atoms with Gasteiger partial charge in [0.25, 0.3) is 0 Å². The largest absolute Gasteiger partial charge is 0.497 e. The molecule has 0 aliphatic heterocycles. The Labute approximate surface area is 537 Å². The molecule has 22 nitrogen and oxygen atoms in total. The van der Waals surface area contributed by atoms with Crippen molar-refractivity contribution >= 4 is 74.3 Å². The Morgan fingerprint density at radius 3 is 1.47 bits per heavy atom. The van der Waals surface area contributed by atoms with Gasteiger partial charge in [-0.1, -0.05) is 78.9 Å². The lowest BCUT2D eigenvalue weighted by atomic mass is 9.88. The number of carboxylic acids is 1. The third-order valence-corrected chi connectivity index (χ3v) is 16.0. The maximum atomic E-state index is 12.4. The molecule has 11 aromatic rings. The highest BCUT2D eigenvalue weighted by atomic mass is 19.4. The number of anilines is 2. The highest BCUT2D eigenvalue weighted by Crippen LogP contribution is 2.31. The van der Waals surface area contributed by atoms with Gasteiger partial charge < -0.3 is 41.6 Å². The number of carbonyl (C=O) groups excluding carboxylic acids is 3. The number of para-hydroxylation sites is 3. The van der Waals surface area contributed by atoms with E-state index < -0.39 is 12.1 Å². The molecule has 482 valence electrons. The number of benzene rings is 5. The van der Waals surface area contributed by atoms with Gasteiger partial charge in [0.15, 0.2) is 16.9 Å². The number of urea groups is 2. The Morgan fingerprint density at radius 2 is 1.02 bits per heavy atom. The van der Waals surface area contributed by atoms with E-state index in [1.807, 2.05) is 162 Å². The van der Waals surface area contributed by atoms with Gasteiger partial charge in [-0.25, -0.2) is 43.5 Å². The fraction of sp³-hybridized carbons (Fsp3) is 0.246. The Morgan fingerprint density at radius 1 is 0.596 bits per heavy atom. The summed E-state index contributed by atoms with van der Waals surface area (Å²) < 4.78 is 46.1. The van der Waals surface area contributed by atoms with E-state index in [-0.39, 0.29) is 30.2 Å². The highest BCUT2D eigenvalue weighted by molar-refractivity contribution is 5.90. The molecule has 14 rings (SSSR count). The molecule has 25 heteroatoms. The zero-order chi connectivity index (χ0) is 66.0. The third kappa shape index (κ3) is 17.4. The first-order chi connectivity index (χ1) is 45.6. The SMILES string of the molecule is COc1ccc(Cn2ncc3c4c(cnc32)CC(N)CC4)cc1.COc1ccc(Cn2ncc3c4c(cnc32)CC(NC(=O)Nc2ccccc2)CC4)cc1.O=C(Nc1ccccc1)NC1CCc2c(cnc3[nH]ncc23)C1.O=C(O)C(F)(F)F.O=C=Nc1ccccc1. The number of nitrogens with one attached hydrogen (secondary N) is 5. The lowest BCUT2D eigenvalue weighted by Gasteiger charge is -2.25. The van der Waals surface area contributed by atoms with E-state index in [0.717, 1.165) is 114 Å². The van der Waals surface area contributed by atoms with Gasteiger partial charge in [0, 0.05) is 64.2 Å². The van der Waals surface area contributed by atoms with Crippen LogP contribution < -0.4 is 36.5 Å². The first kappa shape index (κ1) is 65.6. The van der Waals surface area contributed by atoms with Crippen LogP contribution in [0.2, 0.25) is 0 Å². The van der Waals surface area contributed by atoms with Crippen LogP contribution in [0.15, 0.2) is 182 Å². The number of hydrogen-bond donors (Lipinski definition) is 7. The summed E-state index contributed by atoms with van der Waals surface area (Å²) in [6, 6.07) is 44.1. The number of isocyanates is 1. The molecule has 0 fully saturated rings. The second-order valence-corrected chi connectivity index (χ2v) is 22.3. The summed E-state index contributed by atoms with van der Waals surface area (Å²) in [7, 11) is 3.34. The number of amides is 4. The molecule has 6 heterocycles. The first-order valence-electron chi connectivity index (χ1n) is 30.2. The summed E-state index contributed by atoms with van der Waals surface area (Å²) in [6.07, 6.45) is 16.0. The molecule has 6 aromatic heterocycles. The number of aryl methyl sites for hydroxylation is 3. The number of H-pyrrole nitrogens is 1. The lowest BCUT2D eigenvalue weighted by Crippen LogP contribution is -2.41. The van der Waals surface area contributed by atoms with Crippen LogP contribution in [0.3, 0.4) is 0 Å². The quantitative estimate of drug-likeness (QED) is 0.0468. The molecule has 0 bridgehead atoms. The molecule has 94 heavy (non-hydrogen) atoms. The molecule has 3 unspecified atom stereocenters. The number of aromatic nitrogens is 9. The second kappa shape index (κ2) is 31.1. The lowest BCUT2D eigenvalue weighted by molar-refractivity contribution is -0.192. The number of carbonyl (C=O) groups is 3. The summed E-state index contributed by atoms with van der Waals surface area (Å²) in [6.45, 7) is 1.36. The van der Waals surface area contributed by atoms with Crippen molar-refractivity contribution in [1.82, 2.24) is 55.3 Å². The molecule has 8 N–H and O–H groups in total. The van der Waals surface area contributed by atoms with Crippen LogP contribution >= 0.6 is 0 Å². The van der Waals surface area contributed by atoms with Crippen LogP contribution in [0, 0.1) is 0 Å². The third-order valence-electron chi connectivity index (χ3n) is 16.0. The van der Waals surface area contributed by atoms with Gasteiger partial charge in [-0.3, -0.25) is 5.10 Å². The zero-order valence-electron chi connectivity index (χ0n) is 51.4. The Balaban J connectivity index is 0.000000139. The fourth-order valence-electron chi connectivity index (χ4n) is 11.3. The van der Waals surface area contributed by atoms with Gasteiger partial charge in [-0.05, 0) is 163 Å². The van der Waals surface area contributed by atoms with E-state index in [4.69, 9.17) is 30.1 Å². The van der Waals surface area contributed by atoms with E-state index in [1.54, 1.807) is 26.4 Å². The standard InChI is InChI=1S/C25H25N5O2.C18H20N4O.C17H17N5O.C7H5NO.C2HF3O2/c1-32-21-10-7-17(8-11-21)16-30-24-23(15-27-30)22-12-9-20(13-18(22)14-26-24)29-25(31)28-19-5-3-2-4-6-19;1-23-15-5-2-12(3-6-15)11-22-18-17(10-21-22)16-7-4-14(19)8-13(16)9-20-18;23-17(20-12-4-2-1-3-5-12)21-13-6-7-14-11(8-13)9-18-16-15(14)10-19-22-16;9-6-8-7-4-2-1-3-5-7;3-2(4,5)1(6)7/h2-8,10-11,14-15,20H,9,12-13,16H2,1H3,(H2,28,29,31);2-3,5-6,9-10,14H,4,7-8,11,19H2,1H3;1-5,9-10,13H,6-8H2,(H,18,19,22)(H2,20,21,23);1-5H;(H,6,7). The number of methoxy groups -OCH3 is 2. The van der Waals surface area contributed by atoms with Crippen molar-refractivity contribution in [1.29, 1.82) is 0 Å². The number of alkyl halides is 3. The minimum absolute atomic E-state index is 0.0832. The number of aromatic amines is 1. The van der Waals surface area contributed by atoms with Crippen molar-refractivity contribution in [2.45, 2.75) is 95.2 Å². The number of carboxylic acid groups (broad SMARTS) is 1. The maximum Gasteiger partial charge on any atom is 0.490 e. The average Bonchev–Trinajstić information content (AvgIpc) is 1.54. The summed E-state index contributed by atoms with van der Waals surface area (Å²) in [5.74, 6) is -1.05. The van der Waals surface area contributed by atoms with Gasteiger partial charge >= 0.3 is 24.2 Å². The molecular formula is C69H68F3N15O7. The zero-order valence-corrected chi connectivity index (χ0v) is 51.4. The number of nitrogens with two attached hydrogens (primary N) is 1. The number of fused-ring (bicyclic) bond motifs is 9. The number of ether oxygens (including phenoxy) is 2. The number of aliphatic carboxylic acids is 1. The number of nitrogens with zero attached hydrogens (tertiary/aromatic N) is 9. The van der Waals surface area contributed by atoms with Crippen molar-refractivity contribution in [2.24, 2.45) is 10.7 Å². The molecule has 3 aliphatic carbocycles. The van der Waals surface area contributed by atoms with Crippen LogP contribution in [0.25, 0.3) is 33.1 Å². The van der Waals surface area contributed by atoms with Gasteiger partial charge in [0.05, 0.1) is 51.6 Å². The molecule has 3 atom stereocenters. The van der Waals surface area contributed by atoms with Crippen LogP contribution in [-0.2, 0) is 61.2 Å². The molecule has 0 saturated heterocycles. The Kier molecular flexibility index (Phi) is 21.8. The summed E-state index contributed by atoms with van der Waals surface area (Å²) >= 11 is 0. The summed E-state index contributed by atoms with van der Waals surface area (Å²) in [4.78, 5) is 60.2. The van der Waals surface area contributed by atoms with Crippen LogP contribution in [0.5, 0.6) is 11.5 Å². The number of pyridine rings is 3. The summed E-state index contributed by atoms with van der Waals surface area (Å²) in [5.41, 5.74) is 20.9. The number of halogens is 3. The van der Waals surface area contributed by atoms with E-state index >= 15 is 0 Å². The van der Waals surface area contributed by atoms with Gasteiger partial charge in [0.1, 0.15) is 11.5 Å². The van der Waals surface area contributed by atoms with E-state index in [2.05, 4.69) is 68.8 Å². The fourth-order valence-corrected chi connectivity index (χ4v) is 11.3. The topological polar surface area (TPSA) is 296 Å². The minimum atomic E-state index is -5.08. The van der Waals surface area contributed by atoms with Crippen LogP contribution in [-0.4, -0.2) is 112 Å². The van der Waals surface area contributed by atoms with Crippen molar-refractivity contribution < 1.29 is 46.9 Å². The predicted octanol–water partition coefficient (Wildman–Crippen LogP) is 11.4. The molecular weight excluding hydrogens is 1210 g/mol. The molecule has 3 aliphatic rings. The smallest absolute Gasteiger partial charge is 0.490 e. The van der Waals surface area contributed by atoms with Gasteiger partial charge in [-0.2, -0.15) is 33.5 Å². The molecule has 4 amide bonds. The highest BCUT2D eigenvalue weighted by Gasteiger charge is 2.38. The molecule has 0 radical (unpaired) electrons. The van der Waals surface area contributed by atoms with Crippen molar-refractivity contribution in [3.63, 3.8) is 0 Å². The Bertz CT molecular complexity index is 4390. The molecule has 0 spiro atoms. The molecule has 0 saturated carbocycles. The number of hydrogen-bond acceptors (Lipinski definition) is 14. The predicted molar refractivity (Wildman–Crippen MR) is 350 cm³/mol.